The van der Waals surface area contributed by atoms with Crippen molar-refractivity contribution in [2.75, 3.05) is 13.7 Å². The Hall–Kier alpha value is -0.770. The fourth-order valence-corrected chi connectivity index (χ4v) is 0.671. The topological polar surface area (TPSA) is 52.6 Å². The third-order valence-electron chi connectivity index (χ3n) is 1.66. The van der Waals surface area contributed by atoms with Gasteiger partial charge in [-0.3, -0.25) is 0 Å². The number of carbonyl (C=O) groups is 1. The molecule has 2 N–H and O–H groups in total. The van der Waals surface area contributed by atoms with Crippen molar-refractivity contribution in [3.63, 3.8) is 0 Å². The summed E-state index contributed by atoms with van der Waals surface area (Å²) in [7, 11) is 1.67. The minimum atomic E-state index is -0.147. The molecule has 0 saturated carbocycles. The van der Waals surface area contributed by atoms with Crippen LogP contribution < -0.4 is 5.32 Å². The van der Waals surface area contributed by atoms with Crippen LogP contribution in [0.5, 0.6) is 0 Å². The molecule has 0 aromatic rings. The van der Waals surface area contributed by atoms with Gasteiger partial charge in [-0.2, -0.15) is 0 Å². The molecule has 1 unspecified atom stereocenters. The smallest absolute Gasteiger partial charge is 0.317 e. The molecule has 0 bridgehead atoms. The van der Waals surface area contributed by atoms with Gasteiger partial charge in [-0.1, -0.05) is 0 Å². The molecule has 0 fully saturated rings. The van der Waals surface area contributed by atoms with E-state index < -0.39 is 0 Å². The van der Waals surface area contributed by atoms with E-state index in [9.17, 15) is 4.79 Å². The van der Waals surface area contributed by atoms with Gasteiger partial charge in [-0.25, -0.2) is 4.79 Å². The van der Waals surface area contributed by atoms with Gasteiger partial charge in [0.2, 0.25) is 0 Å². The number of amides is 2. The molecule has 12 heavy (non-hydrogen) atoms. The largest absolute Gasteiger partial charge is 0.394 e. The summed E-state index contributed by atoms with van der Waals surface area (Å²) in [5.74, 6) is 0. The first-order valence-corrected chi connectivity index (χ1v) is 4.13. The highest BCUT2D eigenvalue weighted by Gasteiger charge is 2.14. The number of aliphatic hydroxyl groups is 1. The Morgan fingerprint density at radius 2 is 2.00 bits per heavy atom. The number of nitrogens with zero attached hydrogens (tertiary/aromatic N) is 1. The molecule has 72 valence electrons. The Morgan fingerprint density at radius 1 is 1.50 bits per heavy atom. The van der Waals surface area contributed by atoms with E-state index in [-0.39, 0.29) is 24.7 Å². The number of nitrogens with one attached hydrogen (secondary N) is 1. The summed E-state index contributed by atoms with van der Waals surface area (Å²) >= 11 is 0. The van der Waals surface area contributed by atoms with Crippen LogP contribution in [0.4, 0.5) is 4.79 Å². The zero-order chi connectivity index (χ0) is 9.72. The van der Waals surface area contributed by atoms with Gasteiger partial charge in [0.1, 0.15) is 0 Å². The summed E-state index contributed by atoms with van der Waals surface area (Å²) in [4.78, 5) is 12.7. The van der Waals surface area contributed by atoms with E-state index in [0.717, 1.165) is 0 Å². The molecule has 0 aliphatic carbocycles. The molecule has 4 heteroatoms. The fraction of sp³-hybridized carbons (Fsp3) is 0.875. The molecule has 0 heterocycles. The maximum Gasteiger partial charge on any atom is 0.317 e. The second kappa shape index (κ2) is 4.98. The third kappa shape index (κ3) is 3.57. The zero-order valence-corrected chi connectivity index (χ0v) is 8.16. The van der Waals surface area contributed by atoms with Gasteiger partial charge in [0.05, 0.1) is 12.6 Å². The Morgan fingerprint density at radius 3 is 2.33 bits per heavy atom. The molecular formula is C8H18N2O2. The van der Waals surface area contributed by atoms with Crippen LogP contribution in [-0.4, -0.2) is 41.8 Å². The number of urea groups is 1. The summed E-state index contributed by atoms with van der Waals surface area (Å²) in [6.07, 6.45) is 0. The van der Waals surface area contributed by atoms with Crippen molar-refractivity contribution in [2.45, 2.75) is 32.9 Å². The molecule has 0 aliphatic rings. The lowest BCUT2D eigenvalue weighted by Crippen LogP contribution is -2.46. The standard InChI is InChI=1S/C8H18N2O2/c1-6(2)9-8(12)10(4)7(3)5-11/h6-7,11H,5H2,1-4H3,(H,9,12). The lowest BCUT2D eigenvalue weighted by molar-refractivity contribution is 0.156. The van der Waals surface area contributed by atoms with Crippen molar-refractivity contribution < 1.29 is 9.90 Å². The molecule has 0 aliphatic heterocycles. The van der Waals surface area contributed by atoms with Crippen LogP contribution in [0.3, 0.4) is 0 Å². The van der Waals surface area contributed by atoms with Gasteiger partial charge in [0.15, 0.2) is 0 Å². The second-order valence-corrected chi connectivity index (χ2v) is 3.25. The van der Waals surface area contributed by atoms with E-state index in [4.69, 9.17) is 5.11 Å². The number of aliphatic hydroxyl groups excluding tert-OH is 1. The first-order valence-electron chi connectivity index (χ1n) is 4.13. The Balaban J connectivity index is 3.92. The summed E-state index contributed by atoms with van der Waals surface area (Å²) < 4.78 is 0. The summed E-state index contributed by atoms with van der Waals surface area (Å²) in [5, 5.41) is 11.5. The molecule has 1 atom stereocenters. The molecule has 0 aromatic heterocycles. The highest BCUT2D eigenvalue weighted by Crippen LogP contribution is 1.94. The minimum Gasteiger partial charge on any atom is -0.394 e. The maximum absolute atomic E-state index is 11.3. The van der Waals surface area contributed by atoms with Crippen molar-refractivity contribution in [3.05, 3.63) is 0 Å². The van der Waals surface area contributed by atoms with Crippen molar-refractivity contribution in [1.29, 1.82) is 0 Å². The predicted octanol–water partition coefficient (Wildman–Crippen LogP) is 0.417. The molecule has 0 spiro atoms. The van der Waals surface area contributed by atoms with E-state index in [0.29, 0.717) is 0 Å². The summed E-state index contributed by atoms with van der Waals surface area (Å²) in [6.45, 7) is 5.58. The van der Waals surface area contributed by atoms with E-state index in [1.54, 1.807) is 14.0 Å². The highest BCUT2D eigenvalue weighted by molar-refractivity contribution is 5.74. The number of carbonyl (C=O) groups excluding carboxylic acids is 1. The maximum atomic E-state index is 11.3. The van der Waals surface area contributed by atoms with E-state index in [2.05, 4.69) is 5.32 Å². The average Bonchev–Trinajstić information content (AvgIpc) is 2.00. The quantitative estimate of drug-likeness (QED) is 0.651. The van der Waals surface area contributed by atoms with Gasteiger partial charge in [-0.15, -0.1) is 0 Å². The lowest BCUT2D eigenvalue weighted by atomic mass is 10.3. The molecule has 0 rings (SSSR count). The van der Waals surface area contributed by atoms with Crippen LogP contribution in [0.2, 0.25) is 0 Å². The number of rotatable bonds is 3. The zero-order valence-electron chi connectivity index (χ0n) is 8.16. The summed E-state index contributed by atoms with van der Waals surface area (Å²) in [6, 6.07) is -0.152. The Bertz CT molecular complexity index is 148. The Labute approximate surface area is 73.6 Å². The van der Waals surface area contributed by atoms with Crippen LogP contribution in [0.1, 0.15) is 20.8 Å². The van der Waals surface area contributed by atoms with Crippen molar-refractivity contribution in [1.82, 2.24) is 10.2 Å². The fourth-order valence-electron chi connectivity index (χ4n) is 0.671. The van der Waals surface area contributed by atoms with E-state index >= 15 is 0 Å². The van der Waals surface area contributed by atoms with Gasteiger partial charge in [-0.05, 0) is 20.8 Å². The van der Waals surface area contributed by atoms with Crippen molar-refractivity contribution in [2.24, 2.45) is 0 Å². The normalized spacial score (nSPS) is 12.8. The molecule has 2 amide bonds. The lowest BCUT2D eigenvalue weighted by Gasteiger charge is -2.24. The van der Waals surface area contributed by atoms with Crippen LogP contribution in [0, 0.1) is 0 Å². The number of hydrogen-bond acceptors (Lipinski definition) is 2. The third-order valence-corrected chi connectivity index (χ3v) is 1.66. The first kappa shape index (κ1) is 11.2. The van der Waals surface area contributed by atoms with Crippen molar-refractivity contribution in [3.8, 4) is 0 Å². The van der Waals surface area contributed by atoms with Crippen LogP contribution in [-0.2, 0) is 0 Å². The SMILES string of the molecule is CC(C)NC(=O)N(C)C(C)CO. The van der Waals surface area contributed by atoms with Gasteiger partial charge in [0, 0.05) is 13.1 Å². The van der Waals surface area contributed by atoms with Crippen LogP contribution in [0.25, 0.3) is 0 Å². The number of hydrogen-bond donors (Lipinski definition) is 2. The predicted molar refractivity (Wildman–Crippen MR) is 48.0 cm³/mol. The molecule has 0 aromatic carbocycles. The summed E-state index contributed by atoms with van der Waals surface area (Å²) in [5.41, 5.74) is 0. The molecule has 4 nitrogen and oxygen atoms in total. The first-order chi connectivity index (χ1) is 5.49. The monoisotopic (exact) mass is 174 g/mol. The van der Waals surface area contributed by atoms with Crippen LogP contribution in [0.15, 0.2) is 0 Å². The van der Waals surface area contributed by atoms with Crippen LogP contribution >= 0.6 is 0 Å². The Kier molecular flexibility index (Phi) is 4.66. The van der Waals surface area contributed by atoms with Gasteiger partial charge in [0.25, 0.3) is 0 Å². The van der Waals surface area contributed by atoms with Crippen molar-refractivity contribution >= 4 is 6.03 Å². The van der Waals surface area contributed by atoms with E-state index in [1.807, 2.05) is 13.8 Å². The van der Waals surface area contributed by atoms with Gasteiger partial charge >= 0.3 is 6.03 Å². The highest BCUT2D eigenvalue weighted by atomic mass is 16.3. The molecule has 0 saturated heterocycles. The second-order valence-electron chi connectivity index (χ2n) is 3.25. The molecule has 0 radical (unpaired) electrons. The average molecular weight is 174 g/mol. The number of likely N-dealkylation sites (N-methyl/N-ethyl adjacent to an activating group) is 1. The van der Waals surface area contributed by atoms with Gasteiger partial charge < -0.3 is 15.3 Å². The molecular weight excluding hydrogens is 156 g/mol. The minimum absolute atomic E-state index is 0.0119. The van der Waals surface area contributed by atoms with E-state index in [1.165, 1.54) is 4.90 Å².